The first kappa shape index (κ1) is 30.9. The van der Waals surface area contributed by atoms with Crippen LogP contribution in [0.1, 0.15) is 24.1 Å². The molecule has 1 saturated carbocycles. The van der Waals surface area contributed by atoms with Crippen LogP contribution >= 0.6 is 0 Å². The van der Waals surface area contributed by atoms with Crippen LogP contribution in [0.4, 0.5) is 26.3 Å². The van der Waals surface area contributed by atoms with Crippen LogP contribution in [0.3, 0.4) is 0 Å². The van der Waals surface area contributed by atoms with E-state index >= 15 is 0 Å². The van der Waals surface area contributed by atoms with Crippen molar-refractivity contribution in [2.45, 2.75) is 56.6 Å². The van der Waals surface area contributed by atoms with Gasteiger partial charge in [0, 0.05) is 37.7 Å². The largest absolute Gasteiger partial charge is 0.490 e. The average Bonchev–Trinajstić information content (AvgIpc) is 3.28. The van der Waals surface area contributed by atoms with Gasteiger partial charge in [0.05, 0.1) is 31.1 Å². The van der Waals surface area contributed by atoms with Crippen LogP contribution in [0.25, 0.3) is 0 Å². The Morgan fingerprint density at radius 2 is 1.58 bits per heavy atom. The number of alkyl halides is 6. The number of hydrogen-bond donors (Lipinski definition) is 2. The second-order valence-electron chi connectivity index (χ2n) is 8.08. The van der Waals surface area contributed by atoms with Crippen molar-refractivity contribution in [1.82, 2.24) is 14.9 Å². The minimum atomic E-state index is -5.08. The van der Waals surface area contributed by atoms with E-state index in [1.54, 1.807) is 0 Å². The van der Waals surface area contributed by atoms with Gasteiger partial charge in [-0.1, -0.05) is 6.07 Å². The highest BCUT2D eigenvalue weighted by Gasteiger charge is 2.43. The quantitative estimate of drug-likeness (QED) is 0.534. The lowest BCUT2D eigenvalue weighted by Crippen LogP contribution is -2.51. The summed E-state index contributed by atoms with van der Waals surface area (Å²) in [4.78, 5) is 28.8. The molecule has 3 heterocycles. The lowest BCUT2D eigenvalue weighted by molar-refractivity contribution is -0.193. The molecule has 4 rings (SSSR count). The fourth-order valence-electron chi connectivity index (χ4n) is 3.75. The molecule has 1 saturated heterocycles. The van der Waals surface area contributed by atoms with Crippen molar-refractivity contribution < 1.29 is 55.6 Å². The molecule has 210 valence electrons. The van der Waals surface area contributed by atoms with E-state index in [4.69, 9.17) is 29.3 Å². The Kier molecular flexibility index (Phi) is 11.4. The number of morpholine rings is 1. The van der Waals surface area contributed by atoms with Crippen LogP contribution in [0.5, 0.6) is 0 Å². The molecule has 0 bridgehead atoms. The predicted molar refractivity (Wildman–Crippen MR) is 118 cm³/mol. The number of carboxylic acid groups (broad SMARTS) is 2. The average molecular weight is 553 g/mol. The van der Waals surface area contributed by atoms with Gasteiger partial charge < -0.3 is 19.7 Å². The fourth-order valence-corrected chi connectivity index (χ4v) is 3.75. The maximum Gasteiger partial charge on any atom is 0.490 e. The van der Waals surface area contributed by atoms with Crippen molar-refractivity contribution in [2.24, 2.45) is 0 Å². The first-order valence-electron chi connectivity index (χ1n) is 11.1. The fraction of sp³-hybridized carbons (Fsp3) is 0.478. The Morgan fingerprint density at radius 1 is 0.974 bits per heavy atom. The lowest BCUT2D eigenvalue weighted by atomic mass is 10.1. The van der Waals surface area contributed by atoms with Crippen molar-refractivity contribution in [3.63, 3.8) is 0 Å². The molecule has 0 radical (unpaired) electrons. The van der Waals surface area contributed by atoms with Crippen LogP contribution in [0.2, 0.25) is 0 Å². The van der Waals surface area contributed by atoms with Gasteiger partial charge in [0.2, 0.25) is 0 Å². The Balaban J connectivity index is 0.000000301. The lowest BCUT2D eigenvalue weighted by Gasteiger charge is -2.38. The van der Waals surface area contributed by atoms with E-state index in [1.807, 2.05) is 36.8 Å². The van der Waals surface area contributed by atoms with E-state index < -0.39 is 24.3 Å². The Hall–Kier alpha value is -3.30. The predicted octanol–water partition coefficient (Wildman–Crippen LogP) is 3.69. The molecule has 0 amide bonds. The summed E-state index contributed by atoms with van der Waals surface area (Å²) in [5.41, 5.74) is 2.29. The third-order valence-corrected chi connectivity index (χ3v) is 5.44. The summed E-state index contributed by atoms with van der Waals surface area (Å²) >= 11 is 0. The summed E-state index contributed by atoms with van der Waals surface area (Å²) in [6, 6.07) is 10.5. The summed E-state index contributed by atoms with van der Waals surface area (Å²) in [6.45, 7) is 3.25. The number of carboxylic acids is 2. The monoisotopic (exact) mass is 553 g/mol. The maximum atomic E-state index is 10.6. The molecular formula is C23H25F6N3O6. The van der Waals surface area contributed by atoms with Crippen LogP contribution in [0, 0.1) is 0 Å². The van der Waals surface area contributed by atoms with E-state index in [9.17, 15) is 26.3 Å². The number of ether oxygens (including phenoxy) is 2. The number of rotatable bonds is 5. The molecule has 2 aliphatic rings. The summed E-state index contributed by atoms with van der Waals surface area (Å²) in [5, 5.41) is 14.2. The van der Waals surface area contributed by atoms with Crippen LogP contribution < -0.4 is 0 Å². The molecule has 38 heavy (non-hydrogen) atoms. The van der Waals surface area contributed by atoms with Crippen LogP contribution in [-0.4, -0.2) is 80.8 Å². The Morgan fingerprint density at radius 3 is 2.11 bits per heavy atom. The SMILES string of the molecule is O=C(O)C(F)(F)F.O=C(O)C(F)(F)F.c1ccc(CN2CCO[C@@H]3[C@@H](OCc4ccncc4)CC[C@@H]32)nc1. The topological polar surface area (TPSA) is 122 Å². The molecule has 9 nitrogen and oxygen atoms in total. The van der Waals surface area contributed by atoms with Crippen molar-refractivity contribution in [3.05, 3.63) is 60.2 Å². The molecular weight excluding hydrogens is 528 g/mol. The smallest absolute Gasteiger partial charge is 0.475 e. The molecule has 2 aromatic rings. The van der Waals surface area contributed by atoms with Gasteiger partial charge in [0.15, 0.2) is 0 Å². The van der Waals surface area contributed by atoms with Crippen LogP contribution in [0.15, 0.2) is 48.9 Å². The van der Waals surface area contributed by atoms with Gasteiger partial charge >= 0.3 is 24.3 Å². The number of aliphatic carboxylic acids is 2. The molecule has 2 aromatic heterocycles. The van der Waals surface area contributed by atoms with Gasteiger partial charge in [-0.05, 0) is 42.7 Å². The summed E-state index contributed by atoms with van der Waals surface area (Å²) in [7, 11) is 0. The van der Waals surface area contributed by atoms with Gasteiger partial charge in [-0.25, -0.2) is 9.59 Å². The molecule has 3 atom stereocenters. The van der Waals surface area contributed by atoms with Crippen molar-refractivity contribution in [1.29, 1.82) is 0 Å². The number of pyridine rings is 2. The third-order valence-electron chi connectivity index (χ3n) is 5.44. The molecule has 1 aliphatic heterocycles. The van der Waals surface area contributed by atoms with Crippen molar-refractivity contribution in [2.75, 3.05) is 13.2 Å². The standard InChI is InChI=1S/C19H23N3O2.2C2HF3O2/c1-2-8-21-16(3-1)13-22-11-12-23-19-17(22)4-5-18(19)24-14-15-6-9-20-10-7-15;2*3-2(4,5)1(6)7/h1-3,6-10,17-19H,4-5,11-14H2;2*(H,6,7)/t17-,18-,19-;;/m0../s1. The van der Waals surface area contributed by atoms with Gasteiger partial charge in [-0.2, -0.15) is 26.3 Å². The molecule has 0 spiro atoms. The van der Waals surface area contributed by atoms with Gasteiger partial charge in [0.25, 0.3) is 0 Å². The van der Waals surface area contributed by atoms with E-state index in [0.29, 0.717) is 12.6 Å². The normalized spacial score (nSPS) is 21.3. The van der Waals surface area contributed by atoms with Gasteiger partial charge in [0.1, 0.15) is 0 Å². The van der Waals surface area contributed by atoms with E-state index in [0.717, 1.165) is 43.8 Å². The first-order valence-corrected chi connectivity index (χ1v) is 11.1. The zero-order valence-corrected chi connectivity index (χ0v) is 19.7. The maximum absolute atomic E-state index is 10.6. The van der Waals surface area contributed by atoms with E-state index in [1.165, 1.54) is 0 Å². The van der Waals surface area contributed by atoms with Crippen LogP contribution in [-0.2, 0) is 32.2 Å². The number of hydrogen-bond acceptors (Lipinski definition) is 7. The summed E-state index contributed by atoms with van der Waals surface area (Å²) < 4.78 is 75.7. The minimum absolute atomic E-state index is 0.171. The molecule has 15 heteroatoms. The molecule has 0 unspecified atom stereocenters. The highest BCUT2D eigenvalue weighted by atomic mass is 19.4. The number of carbonyl (C=O) groups is 2. The van der Waals surface area contributed by atoms with Gasteiger partial charge in [-0.15, -0.1) is 0 Å². The molecule has 1 aliphatic carbocycles. The Bertz CT molecular complexity index is 986. The highest BCUT2D eigenvalue weighted by Crippen LogP contribution is 2.33. The highest BCUT2D eigenvalue weighted by molar-refractivity contribution is 5.73. The minimum Gasteiger partial charge on any atom is -0.475 e. The van der Waals surface area contributed by atoms with Gasteiger partial charge in [-0.3, -0.25) is 14.9 Å². The zero-order chi connectivity index (χ0) is 28.3. The van der Waals surface area contributed by atoms with Crippen molar-refractivity contribution in [3.8, 4) is 0 Å². The summed E-state index contributed by atoms with van der Waals surface area (Å²) in [6.07, 6.45) is -2.16. The van der Waals surface area contributed by atoms with Crippen molar-refractivity contribution >= 4 is 11.9 Å². The van der Waals surface area contributed by atoms with E-state index in [2.05, 4.69) is 27.0 Å². The summed E-state index contributed by atoms with van der Waals surface area (Å²) in [5.74, 6) is -5.51. The number of nitrogens with zero attached hydrogens (tertiary/aromatic N) is 3. The second kappa shape index (κ2) is 14.0. The zero-order valence-electron chi connectivity index (χ0n) is 19.7. The first-order chi connectivity index (χ1) is 17.8. The second-order valence-corrected chi connectivity index (χ2v) is 8.08. The third kappa shape index (κ3) is 10.2. The molecule has 2 fully saturated rings. The van der Waals surface area contributed by atoms with E-state index in [-0.39, 0.29) is 12.2 Å². The Labute approximate surface area is 213 Å². The molecule has 2 N–H and O–H groups in total. The molecule has 0 aromatic carbocycles. The number of aromatic nitrogens is 2. The number of halogens is 6. The number of fused-ring (bicyclic) bond motifs is 1.